The molecule has 0 aliphatic rings. The zero-order valence-corrected chi connectivity index (χ0v) is 15.2. The van der Waals surface area contributed by atoms with Crippen LogP contribution in [0.2, 0.25) is 0 Å². The lowest BCUT2D eigenvalue weighted by Gasteiger charge is -2.10. The quantitative estimate of drug-likeness (QED) is 0.759. The highest BCUT2D eigenvalue weighted by Crippen LogP contribution is 2.36. The van der Waals surface area contributed by atoms with Gasteiger partial charge in [-0.05, 0) is 37.6 Å². The van der Waals surface area contributed by atoms with Gasteiger partial charge in [-0.3, -0.25) is 4.72 Å². The van der Waals surface area contributed by atoms with Crippen molar-refractivity contribution in [2.75, 3.05) is 11.0 Å². The van der Waals surface area contributed by atoms with Crippen molar-refractivity contribution in [3.63, 3.8) is 0 Å². The topological polar surface area (TPSA) is 74.9 Å². The van der Waals surface area contributed by atoms with E-state index in [-0.39, 0.29) is 6.04 Å². The van der Waals surface area contributed by atoms with Gasteiger partial charge in [0.25, 0.3) is 0 Å². The lowest BCUT2D eigenvalue weighted by Crippen LogP contribution is -2.09. The fourth-order valence-corrected chi connectivity index (χ4v) is 3.97. The third kappa shape index (κ3) is 3.16. The van der Waals surface area contributed by atoms with Gasteiger partial charge in [-0.2, -0.15) is 5.26 Å². The second-order valence-electron chi connectivity index (χ2n) is 5.96. The highest BCUT2D eigenvalue weighted by molar-refractivity contribution is 7.92. The van der Waals surface area contributed by atoms with Crippen molar-refractivity contribution < 1.29 is 8.42 Å². The molecule has 0 atom stereocenters. The maximum absolute atomic E-state index is 11.5. The number of nitrogens with one attached hydrogen (secondary N) is 1. The number of thiophene rings is 1. The Kier molecular flexibility index (Phi) is 4.11. The van der Waals surface area contributed by atoms with Crippen LogP contribution in [-0.2, 0) is 10.0 Å². The first-order chi connectivity index (χ1) is 11.3. The summed E-state index contributed by atoms with van der Waals surface area (Å²) in [6.45, 7) is 4.16. The molecule has 7 heteroatoms. The van der Waals surface area contributed by atoms with E-state index < -0.39 is 10.0 Å². The first kappa shape index (κ1) is 16.6. The monoisotopic (exact) mass is 359 g/mol. The van der Waals surface area contributed by atoms with Crippen molar-refractivity contribution in [2.24, 2.45) is 0 Å². The molecule has 0 unspecified atom stereocenters. The molecule has 124 valence electrons. The van der Waals surface area contributed by atoms with Gasteiger partial charge in [0.05, 0.1) is 17.5 Å². The van der Waals surface area contributed by atoms with E-state index in [1.165, 1.54) is 11.3 Å². The number of hydrogen-bond acceptors (Lipinski definition) is 4. The Labute approximate surface area is 145 Å². The van der Waals surface area contributed by atoms with Crippen molar-refractivity contribution in [1.29, 1.82) is 5.26 Å². The molecule has 2 heterocycles. The summed E-state index contributed by atoms with van der Waals surface area (Å²) in [4.78, 5) is 0.672. The molecular weight excluding hydrogens is 342 g/mol. The fourth-order valence-electron chi connectivity index (χ4n) is 2.72. The van der Waals surface area contributed by atoms with Crippen molar-refractivity contribution >= 4 is 38.0 Å². The highest BCUT2D eigenvalue weighted by atomic mass is 32.2. The van der Waals surface area contributed by atoms with Crippen molar-refractivity contribution in [3.8, 4) is 17.2 Å². The average molecular weight is 359 g/mol. The maximum Gasteiger partial charge on any atom is 0.229 e. The van der Waals surface area contributed by atoms with Crippen LogP contribution in [0.5, 0.6) is 0 Å². The largest absolute Gasteiger partial charge is 0.344 e. The number of sulfonamides is 1. The number of aromatic nitrogens is 1. The van der Waals surface area contributed by atoms with E-state index in [0.717, 1.165) is 28.3 Å². The summed E-state index contributed by atoms with van der Waals surface area (Å²) in [6, 6.07) is 9.79. The predicted octanol–water partition coefficient (Wildman–Crippen LogP) is 4.19. The lowest BCUT2D eigenvalue weighted by molar-refractivity contribution is 0.607. The molecule has 5 nitrogen and oxygen atoms in total. The number of nitriles is 1. The minimum Gasteiger partial charge on any atom is -0.344 e. The van der Waals surface area contributed by atoms with Crippen molar-refractivity contribution in [2.45, 2.75) is 19.9 Å². The lowest BCUT2D eigenvalue weighted by atomic mass is 10.1. The van der Waals surface area contributed by atoms with Gasteiger partial charge in [0.1, 0.15) is 10.9 Å². The molecule has 0 fully saturated rings. The molecule has 0 bridgehead atoms. The molecule has 0 aliphatic heterocycles. The maximum atomic E-state index is 11.5. The van der Waals surface area contributed by atoms with Gasteiger partial charge in [-0.15, -0.1) is 11.3 Å². The Morgan fingerprint density at radius 3 is 2.62 bits per heavy atom. The molecule has 0 saturated heterocycles. The van der Waals surface area contributed by atoms with E-state index in [9.17, 15) is 8.42 Å². The second-order valence-corrected chi connectivity index (χ2v) is 8.62. The smallest absolute Gasteiger partial charge is 0.229 e. The molecule has 24 heavy (non-hydrogen) atoms. The van der Waals surface area contributed by atoms with Crippen molar-refractivity contribution in [3.05, 3.63) is 40.7 Å². The van der Waals surface area contributed by atoms with E-state index in [4.69, 9.17) is 5.26 Å². The minimum absolute atomic E-state index is 0.226. The van der Waals surface area contributed by atoms with Gasteiger partial charge in [-0.1, -0.05) is 6.07 Å². The average Bonchev–Trinajstić information content (AvgIpc) is 3.08. The van der Waals surface area contributed by atoms with Gasteiger partial charge in [0.15, 0.2) is 0 Å². The molecule has 0 aliphatic carbocycles. The summed E-state index contributed by atoms with van der Waals surface area (Å²) in [5.41, 5.74) is 3.55. The van der Waals surface area contributed by atoms with E-state index in [1.54, 1.807) is 6.07 Å². The van der Waals surface area contributed by atoms with Crippen LogP contribution < -0.4 is 4.72 Å². The van der Waals surface area contributed by atoms with E-state index in [2.05, 4.69) is 35.4 Å². The van der Waals surface area contributed by atoms with E-state index in [0.29, 0.717) is 10.6 Å². The number of benzene rings is 1. The Morgan fingerprint density at radius 1 is 1.29 bits per heavy atom. The Balaban J connectivity index is 2.20. The zero-order valence-electron chi connectivity index (χ0n) is 13.6. The van der Waals surface area contributed by atoms with Crippen molar-refractivity contribution in [1.82, 2.24) is 4.57 Å². The van der Waals surface area contributed by atoms with Crippen LogP contribution in [0.1, 0.15) is 24.8 Å². The molecule has 2 aromatic heterocycles. The minimum atomic E-state index is -3.32. The number of anilines is 1. The Morgan fingerprint density at radius 2 is 2.04 bits per heavy atom. The summed E-state index contributed by atoms with van der Waals surface area (Å²) in [7, 11) is -3.32. The molecule has 0 radical (unpaired) electrons. The molecule has 0 amide bonds. The summed E-state index contributed by atoms with van der Waals surface area (Å²) in [6.07, 6.45) is 3.20. The second kappa shape index (κ2) is 5.96. The zero-order chi connectivity index (χ0) is 17.5. The molecule has 3 rings (SSSR count). The first-order valence-electron chi connectivity index (χ1n) is 7.40. The predicted molar refractivity (Wildman–Crippen MR) is 98.8 cm³/mol. The first-order valence-corrected chi connectivity index (χ1v) is 10.2. The van der Waals surface area contributed by atoms with Gasteiger partial charge in [-0.25, -0.2) is 8.42 Å². The van der Waals surface area contributed by atoms with Crippen LogP contribution in [0.15, 0.2) is 35.8 Å². The van der Waals surface area contributed by atoms with Crippen LogP contribution in [0.25, 0.3) is 22.0 Å². The van der Waals surface area contributed by atoms with Crippen LogP contribution in [0.3, 0.4) is 0 Å². The third-order valence-corrected chi connectivity index (χ3v) is 5.16. The van der Waals surface area contributed by atoms with Gasteiger partial charge in [0, 0.05) is 28.6 Å². The number of rotatable bonds is 4. The fraction of sp³-hybridized carbons (Fsp3) is 0.235. The molecule has 3 aromatic rings. The summed E-state index contributed by atoms with van der Waals surface area (Å²) in [5, 5.41) is 12.0. The van der Waals surface area contributed by atoms with Crippen LogP contribution in [-0.4, -0.2) is 19.2 Å². The highest BCUT2D eigenvalue weighted by Gasteiger charge is 2.15. The SMILES string of the molecule is CC(C)n1cc(-c2csc(C#N)c2)c2ccc(NS(C)(=O)=O)cc21. The summed E-state index contributed by atoms with van der Waals surface area (Å²) >= 11 is 1.42. The summed E-state index contributed by atoms with van der Waals surface area (Å²) < 4.78 is 27.6. The Bertz CT molecular complexity index is 1050. The van der Waals surface area contributed by atoms with Crippen LogP contribution >= 0.6 is 11.3 Å². The number of hydrogen-bond donors (Lipinski definition) is 1. The molecule has 0 saturated carbocycles. The molecule has 1 N–H and O–H groups in total. The van der Waals surface area contributed by atoms with Gasteiger partial charge < -0.3 is 4.57 Å². The number of nitrogens with zero attached hydrogens (tertiary/aromatic N) is 2. The van der Waals surface area contributed by atoms with Crippen LogP contribution in [0.4, 0.5) is 5.69 Å². The van der Waals surface area contributed by atoms with E-state index >= 15 is 0 Å². The third-order valence-electron chi connectivity index (χ3n) is 3.71. The Hall–Kier alpha value is -2.30. The molecular formula is C17H17N3O2S2. The van der Waals surface area contributed by atoms with Crippen LogP contribution in [0, 0.1) is 11.3 Å². The number of fused-ring (bicyclic) bond motifs is 1. The molecule has 0 spiro atoms. The van der Waals surface area contributed by atoms with Gasteiger partial charge in [0.2, 0.25) is 10.0 Å². The summed E-state index contributed by atoms with van der Waals surface area (Å²) in [5.74, 6) is 0. The van der Waals surface area contributed by atoms with Gasteiger partial charge >= 0.3 is 0 Å². The van der Waals surface area contributed by atoms with E-state index in [1.807, 2.05) is 23.6 Å². The molecule has 1 aromatic carbocycles. The normalized spacial score (nSPS) is 11.8. The standard InChI is InChI=1S/C17H17N3O2S2/c1-11(2)20-9-16(12-6-14(8-18)23-10-12)15-5-4-13(7-17(15)20)19-24(3,21)22/h4-7,9-11,19H,1-3H3.